The third kappa shape index (κ3) is 6.49. The van der Waals surface area contributed by atoms with Crippen molar-refractivity contribution in [3.8, 4) is 0 Å². The summed E-state index contributed by atoms with van der Waals surface area (Å²) in [6.45, 7) is 6.01. The second kappa shape index (κ2) is 9.92. The number of benzene rings is 2. The molecular weight excluding hydrogens is 394 g/mol. The van der Waals surface area contributed by atoms with E-state index in [9.17, 15) is 18.0 Å². The van der Waals surface area contributed by atoms with E-state index in [1.54, 1.807) is 26.0 Å². The van der Waals surface area contributed by atoms with Crippen LogP contribution in [-0.2, 0) is 14.8 Å². The van der Waals surface area contributed by atoms with Crippen molar-refractivity contribution in [2.24, 2.45) is 0 Å². The van der Waals surface area contributed by atoms with Gasteiger partial charge in [0.15, 0.2) is 0 Å². The van der Waals surface area contributed by atoms with Crippen molar-refractivity contribution in [3.63, 3.8) is 0 Å². The lowest BCUT2D eigenvalue weighted by molar-refractivity contribution is 0.0952. The third-order valence-corrected chi connectivity index (χ3v) is 5.51. The predicted molar refractivity (Wildman–Crippen MR) is 111 cm³/mol. The molecule has 9 heteroatoms. The van der Waals surface area contributed by atoms with Gasteiger partial charge < -0.3 is 15.4 Å². The standard InChI is InChI=1S/C20H25N3O5S/c1-4-28-20(25)22-12-11-21-19(24)16-7-9-17(10-8-16)23-29(26,27)18-13-14(2)5-6-15(18)3/h5-10,13,23H,4,11-12H2,1-3H3,(H,21,24)(H,22,25). The highest BCUT2D eigenvalue weighted by Gasteiger charge is 2.17. The molecule has 0 heterocycles. The number of carbonyl (C=O) groups excluding carboxylic acids is 2. The van der Waals surface area contributed by atoms with Crippen molar-refractivity contribution in [1.82, 2.24) is 10.6 Å². The Morgan fingerprint density at radius 1 is 0.966 bits per heavy atom. The number of hydrogen-bond acceptors (Lipinski definition) is 5. The molecule has 29 heavy (non-hydrogen) atoms. The molecular formula is C20H25N3O5S. The van der Waals surface area contributed by atoms with Gasteiger partial charge in [0, 0.05) is 24.3 Å². The molecule has 0 radical (unpaired) electrons. The van der Waals surface area contributed by atoms with Crippen LogP contribution in [0.2, 0.25) is 0 Å². The second-order valence-corrected chi connectivity index (χ2v) is 8.01. The summed E-state index contributed by atoms with van der Waals surface area (Å²) in [4.78, 5) is 23.5. The van der Waals surface area contributed by atoms with Crippen molar-refractivity contribution in [1.29, 1.82) is 0 Å². The van der Waals surface area contributed by atoms with Crippen LogP contribution in [0.4, 0.5) is 10.5 Å². The van der Waals surface area contributed by atoms with Gasteiger partial charge in [0.1, 0.15) is 0 Å². The molecule has 2 rings (SSSR count). The fraction of sp³-hybridized carbons (Fsp3) is 0.300. The SMILES string of the molecule is CCOC(=O)NCCNC(=O)c1ccc(NS(=O)(=O)c2cc(C)ccc2C)cc1. The summed E-state index contributed by atoms with van der Waals surface area (Å²) in [6.07, 6.45) is -0.540. The first-order chi connectivity index (χ1) is 13.7. The van der Waals surface area contributed by atoms with Gasteiger partial charge in [-0.25, -0.2) is 13.2 Å². The molecule has 8 nitrogen and oxygen atoms in total. The number of amides is 2. The van der Waals surface area contributed by atoms with Crippen LogP contribution in [0.15, 0.2) is 47.4 Å². The molecule has 0 aliphatic rings. The van der Waals surface area contributed by atoms with Gasteiger partial charge in [-0.3, -0.25) is 9.52 Å². The minimum atomic E-state index is -3.73. The van der Waals surface area contributed by atoms with Gasteiger partial charge in [0.05, 0.1) is 11.5 Å². The first-order valence-electron chi connectivity index (χ1n) is 9.12. The van der Waals surface area contributed by atoms with Gasteiger partial charge in [0.2, 0.25) is 0 Å². The van der Waals surface area contributed by atoms with Crippen LogP contribution in [0, 0.1) is 13.8 Å². The Balaban J connectivity index is 1.95. The van der Waals surface area contributed by atoms with Crippen LogP contribution < -0.4 is 15.4 Å². The molecule has 0 bridgehead atoms. The Bertz CT molecular complexity index is 972. The maximum Gasteiger partial charge on any atom is 0.407 e. The van der Waals surface area contributed by atoms with Crippen LogP contribution >= 0.6 is 0 Å². The van der Waals surface area contributed by atoms with Gasteiger partial charge >= 0.3 is 6.09 Å². The summed E-state index contributed by atoms with van der Waals surface area (Å²) in [5, 5.41) is 5.15. The fourth-order valence-corrected chi connectivity index (χ4v) is 3.91. The van der Waals surface area contributed by atoms with Crippen LogP contribution in [0.1, 0.15) is 28.4 Å². The normalized spacial score (nSPS) is 10.9. The van der Waals surface area contributed by atoms with Gasteiger partial charge in [-0.15, -0.1) is 0 Å². The monoisotopic (exact) mass is 419 g/mol. The van der Waals surface area contributed by atoms with E-state index in [1.165, 1.54) is 24.3 Å². The Morgan fingerprint density at radius 2 is 1.62 bits per heavy atom. The Hall–Kier alpha value is -3.07. The van der Waals surface area contributed by atoms with E-state index < -0.39 is 16.1 Å². The molecule has 0 aromatic heterocycles. The second-order valence-electron chi connectivity index (χ2n) is 6.35. The van der Waals surface area contributed by atoms with Crippen LogP contribution in [0.25, 0.3) is 0 Å². The summed E-state index contributed by atoms with van der Waals surface area (Å²) in [5.74, 6) is -0.334. The van der Waals surface area contributed by atoms with Gasteiger partial charge in [-0.1, -0.05) is 12.1 Å². The van der Waals surface area contributed by atoms with E-state index in [-0.39, 0.29) is 30.5 Å². The molecule has 0 fully saturated rings. The molecule has 0 aliphatic carbocycles. The number of anilines is 1. The highest BCUT2D eigenvalue weighted by molar-refractivity contribution is 7.92. The lowest BCUT2D eigenvalue weighted by atomic mass is 10.2. The topological polar surface area (TPSA) is 114 Å². The van der Waals surface area contributed by atoms with E-state index in [0.717, 1.165) is 5.56 Å². The molecule has 2 aromatic rings. The molecule has 2 amide bonds. The van der Waals surface area contributed by atoms with Gasteiger partial charge in [-0.05, 0) is 62.2 Å². The quantitative estimate of drug-likeness (QED) is 0.569. The Morgan fingerprint density at radius 3 is 2.28 bits per heavy atom. The number of rotatable bonds is 8. The summed E-state index contributed by atoms with van der Waals surface area (Å²) in [5.41, 5.74) is 2.22. The molecule has 156 valence electrons. The molecule has 0 spiro atoms. The van der Waals surface area contributed by atoms with Crippen LogP contribution in [-0.4, -0.2) is 40.1 Å². The number of nitrogens with one attached hydrogen (secondary N) is 3. The highest BCUT2D eigenvalue weighted by atomic mass is 32.2. The number of ether oxygens (including phenoxy) is 1. The number of hydrogen-bond donors (Lipinski definition) is 3. The first kappa shape index (κ1) is 22.2. The van der Waals surface area contributed by atoms with Crippen molar-refractivity contribution < 1.29 is 22.7 Å². The van der Waals surface area contributed by atoms with Crippen molar-refractivity contribution in [3.05, 3.63) is 59.2 Å². The van der Waals surface area contributed by atoms with E-state index in [4.69, 9.17) is 4.74 Å². The molecule has 0 atom stereocenters. The summed E-state index contributed by atoms with van der Waals surface area (Å²) < 4.78 is 32.5. The minimum Gasteiger partial charge on any atom is -0.450 e. The molecule has 0 saturated carbocycles. The molecule has 0 aliphatic heterocycles. The summed E-state index contributed by atoms with van der Waals surface area (Å²) >= 11 is 0. The van der Waals surface area contributed by atoms with Crippen molar-refractivity contribution >= 4 is 27.7 Å². The summed E-state index contributed by atoms with van der Waals surface area (Å²) in [7, 11) is -3.73. The average molecular weight is 420 g/mol. The van der Waals surface area contributed by atoms with E-state index in [0.29, 0.717) is 16.8 Å². The maximum absolute atomic E-state index is 12.6. The van der Waals surface area contributed by atoms with Crippen molar-refractivity contribution in [2.75, 3.05) is 24.4 Å². The van der Waals surface area contributed by atoms with E-state index >= 15 is 0 Å². The molecule has 2 aromatic carbocycles. The summed E-state index contributed by atoms with van der Waals surface area (Å²) in [6, 6.07) is 11.3. The number of aryl methyl sites for hydroxylation is 2. The highest BCUT2D eigenvalue weighted by Crippen LogP contribution is 2.21. The molecule has 3 N–H and O–H groups in total. The first-order valence-corrected chi connectivity index (χ1v) is 10.6. The van der Waals surface area contributed by atoms with E-state index in [2.05, 4.69) is 15.4 Å². The average Bonchev–Trinajstić information content (AvgIpc) is 2.67. The predicted octanol–water partition coefficient (Wildman–Crippen LogP) is 2.58. The zero-order chi connectivity index (χ0) is 21.4. The lowest BCUT2D eigenvalue weighted by Gasteiger charge is -2.12. The third-order valence-electron chi connectivity index (χ3n) is 3.99. The lowest BCUT2D eigenvalue weighted by Crippen LogP contribution is -2.34. The maximum atomic E-state index is 12.6. The number of alkyl carbamates (subject to hydrolysis) is 1. The van der Waals surface area contributed by atoms with E-state index in [1.807, 2.05) is 13.0 Å². The zero-order valence-corrected chi connectivity index (χ0v) is 17.4. The minimum absolute atomic E-state index is 0.216. The van der Waals surface area contributed by atoms with Gasteiger partial charge in [-0.2, -0.15) is 0 Å². The zero-order valence-electron chi connectivity index (χ0n) is 16.6. The van der Waals surface area contributed by atoms with Gasteiger partial charge in [0.25, 0.3) is 15.9 Å². The number of sulfonamides is 1. The molecule has 0 unspecified atom stereocenters. The Kier molecular flexibility index (Phi) is 7.60. The Labute approximate surface area is 170 Å². The smallest absolute Gasteiger partial charge is 0.407 e. The van der Waals surface area contributed by atoms with Crippen LogP contribution in [0.3, 0.4) is 0 Å². The fourth-order valence-electron chi connectivity index (χ4n) is 2.52. The largest absolute Gasteiger partial charge is 0.450 e. The van der Waals surface area contributed by atoms with Crippen molar-refractivity contribution in [2.45, 2.75) is 25.7 Å². The molecule has 0 saturated heterocycles. The van der Waals surface area contributed by atoms with Crippen LogP contribution in [0.5, 0.6) is 0 Å². The number of carbonyl (C=O) groups is 2.